The largest absolute Gasteiger partial charge is 0.438 e. The molecule has 0 aliphatic carbocycles. The monoisotopic (exact) mass is 584 g/mol. The number of ether oxygens (including phenoxy) is 2. The molecule has 3 heterocycles. The molecule has 0 unspecified atom stereocenters. The van der Waals surface area contributed by atoms with Crippen LogP contribution in [0, 0.1) is 5.82 Å². The maximum absolute atomic E-state index is 14.5. The Balaban J connectivity index is 1.19. The lowest BCUT2D eigenvalue weighted by Gasteiger charge is -2.32. The van der Waals surface area contributed by atoms with Crippen molar-refractivity contribution in [1.29, 1.82) is 0 Å². The second-order valence-corrected chi connectivity index (χ2v) is 10.7. The van der Waals surface area contributed by atoms with Crippen LogP contribution in [0.4, 0.5) is 21.7 Å². The number of benzene rings is 3. The van der Waals surface area contributed by atoms with Gasteiger partial charge in [-0.3, -0.25) is 9.59 Å². The zero-order valence-corrected chi connectivity index (χ0v) is 23.9. The highest BCUT2D eigenvalue weighted by molar-refractivity contribution is 6.10. The van der Waals surface area contributed by atoms with Crippen LogP contribution >= 0.6 is 0 Å². The summed E-state index contributed by atoms with van der Waals surface area (Å²) in [5.41, 5.74) is 1.47. The predicted molar refractivity (Wildman–Crippen MR) is 162 cm³/mol. The molecule has 2 N–H and O–H groups in total. The molecule has 0 saturated carbocycles. The summed E-state index contributed by atoms with van der Waals surface area (Å²) < 4.78 is 26.1. The first kappa shape index (κ1) is 28.4. The molecule has 4 aromatic rings. The second-order valence-electron chi connectivity index (χ2n) is 10.7. The second kappa shape index (κ2) is 12.6. The van der Waals surface area contributed by atoms with Gasteiger partial charge in [0.15, 0.2) is 0 Å². The number of amides is 2. The number of nitrogens with one attached hydrogen (secondary N) is 2. The number of anilines is 3. The molecule has 2 fully saturated rings. The molecule has 6 rings (SSSR count). The SMILES string of the molecule is CC(=O)NC1CCN(c2nccc(Oc3ccc(NC(=O)c4cc(F)cc(N5CCOCC5)c4)c4ccccc34)n2)CC1. The predicted octanol–water partition coefficient (Wildman–Crippen LogP) is 4.76. The van der Waals surface area contributed by atoms with Crippen LogP contribution in [0.3, 0.4) is 0 Å². The summed E-state index contributed by atoms with van der Waals surface area (Å²) in [6.07, 6.45) is 3.30. The molecule has 1 aromatic heterocycles. The van der Waals surface area contributed by atoms with Crippen molar-refractivity contribution in [1.82, 2.24) is 15.3 Å². The normalized spacial score (nSPS) is 15.8. The molecular weight excluding hydrogens is 551 g/mol. The van der Waals surface area contributed by atoms with E-state index in [2.05, 4.69) is 25.5 Å². The number of piperidine rings is 1. The van der Waals surface area contributed by atoms with Gasteiger partial charge < -0.3 is 29.9 Å². The fourth-order valence-corrected chi connectivity index (χ4v) is 5.54. The van der Waals surface area contributed by atoms with E-state index in [1.165, 1.54) is 19.1 Å². The maximum atomic E-state index is 14.5. The molecule has 2 aliphatic heterocycles. The first-order chi connectivity index (χ1) is 20.9. The lowest BCUT2D eigenvalue weighted by molar-refractivity contribution is -0.119. The van der Waals surface area contributed by atoms with Crippen LogP contribution in [0.5, 0.6) is 11.6 Å². The number of carbonyl (C=O) groups excluding carboxylic acids is 2. The summed E-state index contributed by atoms with van der Waals surface area (Å²) in [5.74, 6) is 0.641. The van der Waals surface area contributed by atoms with E-state index in [9.17, 15) is 14.0 Å². The van der Waals surface area contributed by atoms with Gasteiger partial charge in [-0.1, -0.05) is 24.3 Å². The molecule has 2 amide bonds. The number of nitrogens with zero attached hydrogens (tertiary/aromatic N) is 4. The van der Waals surface area contributed by atoms with E-state index >= 15 is 0 Å². The average molecular weight is 585 g/mol. The highest BCUT2D eigenvalue weighted by Gasteiger charge is 2.22. The van der Waals surface area contributed by atoms with Crippen molar-refractivity contribution in [2.24, 2.45) is 0 Å². The van der Waals surface area contributed by atoms with Gasteiger partial charge in [-0.05, 0) is 43.2 Å². The third-order valence-electron chi connectivity index (χ3n) is 7.67. The number of fused-ring (bicyclic) bond motifs is 1. The van der Waals surface area contributed by atoms with E-state index in [-0.39, 0.29) is 17.5 Å². The molecule has 2 saturated heterocycles. The van der Waals surface area contributed by atoms with Crippen LogP contribution in [0.1, 0.15) is 30.1 Å². The number of hydrogen-bond donors (Lipinski definition) is 2. The smallest absolute Gasteiger partial charge is 0.255 e. The fraction of sp³-hybridized carbons (Fsp3) is 0.312. The minimum atomic E-state index is -0.468. The summed E-state index contributed by atoms with van der Waals surface area (Å²) in [6.45, 7) is 5.40. The van der Waals surface area contributed by atoms with Gasteiger partial charge in [-0.25, -0.2) is 9.37 Å². The van der Waals surface area contributed by atoms with Crippen LogP contribution < -0.4 is 25.2 Å². The highest BCUT2D eigenvalue weighted by Crippen LogP contribution is 2.35. The Morgan fingerprint density at radius 3 is 2.49 bits per heavy atom. The number of rotatable bonds is 7. The molecular formula is C32H33FN6O4. The molecule has 0 radical (unpaired) electrons. The minimum Gasteiger partial charge on any atom is -0.438 e. The Hall–Kier alpha value is -4.77. The van der Waals surface area contributed by atoms with Gasteiger partial charge in [0.05, 0.1) is 13.2 Å². The average Bonchev–Trinajstić information content (AvgIpc) is 3.02. The van der Waals surface area contributed by atoms with E-state index in [0.717, 1.165) is 36.7 Å². The summed E-state index contributed by atoms with van der Waals surface area (Å²) in [7, 11) is 0. The Bertz CT molecular complexity index is 1640. The lowest BCUT2D eigenvalue weighted by atomic mass is 10.1. The topological polar surface area (TPSA) is 109 Å². The van der Waals surface area contributed by atoms with Gasteiger partial charge in [-0.2, -0.15) is 4.98 Å². The van der Waals surface area contributed by atoms with Crippen molar-refractivity contribution in [2.75, 3.05) is 54.5 Å². The summed E-state index contributed by atoms with van der Waals surface area (Å²) in [5, 5.41) is 7.49. The quantitative estimate of drug-likeness (QED) is 0.320. The van der Waals surface area contributed by atoms with Crippen LogP contribution in [0.15, 0.2) is 66.9 Å². The number of carbonyl (C=O) groups is 2. The van der Waals surface area contributed by atoms with Crippen LogP contribution in [0.2, 0.25) is 0 Å². The molecule has 10 nitrogen and oxygen atoms in total. The Morgan fingerprint density at radius 2 is 1.72 bits per heavy atom. The first-order valence-electron chi connectivity index (χ1n) is 14.4. The van der Waals surface area contributed by atoms with E-state index in [4.69, 9.17) is 9.47 Å². The van der Waals surface area contributed by atoms with Crippen molar-refractivity contribution in [3.05, 3.63) is 78.2 Å². The molecule has 0 atom stereocenters. The van der Waals surface area contributed by atoms with E-state index < -0.39 is 11.7 Å². The van der Waals surface area contributed by atoms with Crippen molar-refractivity contribution in [3.8, 4) is 11.6 Å². The van der Waals surface area contributed by atoms with Crippen LogP contribution in [-0.2, 0) is 9.53 Å². The molecule has 2 aliphatic rings. The minimum absolute atomic E-state index is 0.0187. The standard InChI is InChI=1S/C32H33FN6O4/c1-21(40)35-24-9-12-39(13-10-24)32-34-11-8-30(37-32)43-29-7-6-28(26-4-2-3-5-27(26)29)36-31(41)22-18-23(33)20-25(19-22)38-14-16-42-17-15-38/h2-8,11,18-20,24H,9-10,12-17H2,1H3,(H,35,40)(H,36,41). The third-order valence-corrected chi connectivity index (χ3v) is 7.67. The number of hydrogen-bond acceptors (Lipinski definition) is 8. The van der Waals surface area contributed by atoms with Crippen molar-refractivity contribution in [3.63, 3.8) is 0 Å². The number of morpholine rings is 1. The van der Waals surface area contributed by atoms with Crippen LogP contribution in [-0.4, -0.2) is 67.2 Å². The summed E-state index contributed by atoms with van der Waals surface area (Å²) in [4.78, 5) is 37.8. The highest BCUT2D eigenvalue weighted by atomic mass is 19.1. The molecule has 3 aromatic carbocycles. The number of halogens is 1. The fourth-order valence-electron chi connectivity index (χ4n) is 5.54. The molecule has 11 heteroatoms. The summed E-state index contributed by atoms with van der Waals surface area (Å²) in [6, 6.07) is 17.4. The zero-order chi connectivity index (χ0) is 29.8. The lowest BCUT2D eigenvalue weighted by Crippen LogP contribution is -2.44. The van der Waals surface area contributed by atoms with Crippen molar-refractivity contribution < 1.29 is 23.5 Å². The van der Waals surface area contributed by atoms with Crippen molar-refractivity contribution in [2.45, 2.75) is 25.8 Å². The van der Waals surface area contributed by atoms with Crippen molar-refractivity contribution >= 4 is 39.9 Å². The molecule has 0 spiro atoms. The third kappa shape index (κ3) is 6.67. The Labute approximate surface area is 248 Å². The van der Waals surface area contributed by atoms with Crippen LogP contribution in [0.25, 0.3) is 10.8 Å². The van der Waals surface area contributed by atoms with E-state index in [0.29, 0.717) is 55.3 Å². The van der Waals surface area contributed by atoms with Gasteiger partial charge >= 0.3 is 0 Å². The maximum Gasteiger partial charge on any atom is 0.255 e. The van der Waals surface area contributed by atoms with Gasteiger partial charge in [0, 0.05) is 79.1 Å². The number of aromatic nitrogens is 2. The zero-order valence-electron chi connectivity index (χ0n) is 23.9. The van der Waals surface area contributed by atoms with E-state index in [1.807, 2.05) is 29.2 Å². The first-order valence-corrected chi connectivity index (χ1v) is 14.4. The van der Waals surface area contributed by atoms with Gasteiger partial charge in [-0.15, -0.1) is 0 Å². The van der Waals surface area contributed by atoms with E-state index in [1.54, 1.807) is 30.5 Å². The molecule has 0 bridgehead atoms. The Kier molecular flexibility index (Phi) is 8.32. The summed E-state index contributed by atoms with van der Waals surface area (Å²) >= 11 is 0. The molecule has 43 heavy (non-hydrogen) atoms. The molecule has 222 valence electrons. The van der Waals surface area contributed by atoms with Gasteiger partial charge in [0.25, 0.3) is 5.91 Å². The van der Waals surface area contributed by atoms with Gasteiger partial charge in [0.2, 0.25) is 17.7 Å². The van der Waals surface area contributed by atoms with Gasteiger partial charge in [0.1, 0.15) is 11.6 Å². The Morgan fingerprint density at radius 1 is 0.953 bits per heavy atom.